The molecule has 38 heavy (non-hydrogen) atoms. The highest BCUT2D eigenvalue weighted by molar-refractivity contribution is 5.44. The predicted octanol–water partition coefficient (Wildman–Crippen LogP) is -0.0312. The lowest BCUT2D eigenvalue weighted by Crippen LogP contribution is -2.59. The van der Waals surface area contributed by atoms with Gasteiger partial charge >= 0.3 is 0 Å². The van der Waals surface area contributed by atoms with Crippen LogP contribution in [0.15, 0.2) is 36.4 Å². The van der Waals surface area contributed by atoms with E-state index in [0.29, 0.717) is 11.1 Å². The van der Waals surface area contributed by atoms with Crippen LogP contribution >= 0.6 is 0 Å². The molecule has 0 saturated carbocycles. The van der Waals surface area contributed by atoms with Gasteiger partial charge in [-0.25, -0.2) is 0 Å². The number of aliphatic hydroxyl groups excluding tert-OH is 5. The Morgan fingerprint density at radius 2 is 1.58 bits per heavy atom. The van der Waals surface area contributed by atoms with Crippen LogP contribution in [0, 0.1) is 11.8 Å². The SMILES string of the molecule is COc1cc(C(O)C2COC(c3ccc(O)c(OC)c3)C2COC2OC(CO)C(O)C(O)C2O)ccc1O. The first-order valence-electron chi connectivity index (χ1n) is 12.2. The monoisotopic (exact) mass is 538 g/mol. The molecule has 9 unspecified atom stereocenters. The summed E-state index contributed by atoms with van der Waals surface area (Å²) in [5.74, 6) is -0.800. The quantitative estimate of drug-likeness (QED) is 0.226. The maximum absolute atomic E-state index is 11.3. The van der Waals surface area contributed by atoms with Crippen LogP contribution in [-0.2, 0) is 14.2 Å². The lowest BCUT2D eigenvalue weighted by Gasteiger charge is -2.40. The van der Waals surface area contributed by atoms with Crippen molar-refractivity contribution in [3.63, 3.8) is 0 Å². The van der Waals surface area contributed by atoms with Crippen molar-refractivity contribution in [1.29, 1.82) is 0 Å². The Hall–Kier alpha value is -2.68. The highest BCUT2D eigenvalue weighted by Gasteiger charge is 2.47. The van der Waals surface area contributed by atoms with E-state index in [1.165, 1.54) is 32.4 Å². The number of methoxy groups -OCH3 is 2. The summed E-state index contributed by atoms with van der Waals surface area (Å²) in [4.78, 5) is 0. The molecule has 2 heterocycles. The normalized spacial score (nSPS) is 32.2. The third-order valence-corrected chi connectivity index (χ3v) is 7.19. The van der Waals surface area contributed by atoms with E-state index in [1.807, 2.05) is 0 Å². The van der Waals surface area contributed by atoms with E-state index in [4.69, 9.17) is 23.7 Å². The van der Waals surface area contributed by atoms with Crippen molar-refractivity contribution >= 4 is 0 Å². The summed E-state index contributed by atoms with van der Waals surface area (Å²) in [6.45, 7) is -0.605. The molecule has 2 aliphatic rings. The Bertz CT molecular complexity index is 1080. The summed E-state index contributed by atoms with van der Waals surface area (Å²) >= 11 is 0. The van der Waals surface area contributed by atoms with Crippen LogP contribution in [0.2, 0.25) is 0 Å². The molecule has 0 bridgehead atoms. The first-order valence-corrected chi connectivity index (χ1v) is 12.2. The lowest BCUT2D eigenvalue weighted by atomic mass is 9.82. The van der Waals surface area contributed by atoms with E-state index >= 15 is 0 Å². The number of rotatable bonds is 9. The Morgan fingerprint density at radius 3 is 2.24 bits per heavy atom. The molecule has 12 heteroatoms. The second kappa shape index (κ2) is 12.0. The Kier molecular flexibility index (Phi) is 8.96. The molecule has 2 aromatic rings. The van der Waals surface area contributed by atoms with Crippen molar-refractivity contribution in [2.24, 2.45) is 11.8 Å². The van der Waals surface area contributed by atoms with Gasteiger partial charge < -0.3 is 59.4 Å². The zero-order valence-corrected chi connectivity index (χ0v) is 21.0. The van der Waals surface area contributed by atoms with Gasteiger partial charge in [-0.1, -0.05) is 12.1 Å². The summed E-state index contributed by atoms with van der Waals surface area (Å²) in [7, 11) is 2.81. The van der Waals surface area contributed by atoms with Crippen molar-refractivity contribution in [3.05, 3.63) is 47.5 Å². The topological polar surface area (TPSA) is 188 Å². The molecular weight excluding hydrogens is 504 g/mol. The molecule has 0 aliphatic carbocycles. The Balaban J connectivity index is 1.61. The maximum Gasteiger partial charge on any atom is 0.186 e. The second-order valence-corrected chi connectivity index (χ2v) is 9.42. The van der Waals surface area contributed by atoms with Gasteiger partial charge in [-0.2, -0.15) is 0 Å². The van der Waals surface area contributed by atoms with Gasteiger partial charge in [0.1, 0.15) is 24.4 Å². The largest absolute Gasteiger partial charge is 0.504 e. The molecule has 2 fully saturated rings. The molecule has 0 spiro atoms. The number of phenols is 2. The number of ether oxygens (including phenoxy) is 5. The standard InChI is InChI=1S/C26H34O12/c1-34-18-7-12(3-5-16(18)28)21(30)14-10-36-25(13-4-6-17(29)19(8-13)35-2)15(14)11-37-26-24(33)23(32)22(31)20(9-27)38-26/h3-8,14-15,20-33H,9-11H2,1-2H3. The lowest BCUT2D eigenvalue weighted by molar-refractivity contribution is -0.304. The van der Waals surface area contributed by atoms with Crippen LogP contribution in [0.4, 0.5) is 0 Å². The minimum Gasteiger partial charge on any atom is -0.504 e. The van der Waals surface area contributed by atoms with Gasteiger partial charge in [0, 0.05) is 11.8 Å². The molecule has 2 saturated heterocycles. The van der Waals surface area contributed by atoms with Gasteiger partial charge in [0.15, 0.2) is 29.3 Å². The van der Waals surface area contributed by atoms with Crippen LogP contribution in [0.3, 0.4) is 0 Å². The number of hydrogen-bond donors (Lipinski definition) is 7. The zero-order valence-electron chi connectivity index (χ0n) is 21.0. The molecule has 2 aromatic carbocycles. The molecular formula is C26H34O12. The number of aliphatic hydroxyl groups is 5. The van der Waals surface area contributed by atoms with Gasteiger partial charge in [-0.05, 0) is 35.4 Å². The average molecular weight is 539 g/mol. The summed E-state index contributed by atoms with van der Waals surface area (Å²) in [5, 5.41) is 71.4. The van der Waals surface area contributed by atoms with Crippen molar-refractivity contribution in [2.75, 3.05) is 34.0 Å². The molecule has 7 N–H and O–H groups in total. The first kappa shape index (κ1) is 28.3. The van der Waals surface area contributed by atoms with Gasteiger partial charge in [0.25, 0.3) is 0 Å². The van der Waals surface area contributed by atoms with E-state index in [-0.39, 0.29) is 36.2 Å². The van der Waals surface area contributed by atoms with Crippen LogP contribution in [-0.4, -0.2) is 100 Å². The van der Waals surface area contributed by atoms with E-state index in [1.54, 1.807) is 18.2 Å². The maximum atomic E-state index is 11.3. The van der Waals surface area contributed by atoms with Crippen LogP contribution in [0.1, 0.15) is 23.3 Å². The highest BCUT2D eigenvalue weighted by Crippen LogP contribution is 2.46. The first-order chi connectivity index (χ1) is 18.2. The van der Waals surface area contributed by atoms with E-state index in [2.05, 4.69) is 0 Å². The minimum atomic E-state index is -1.60. The predicted molar refractivity (Wildman–Crippen MR) is 130 cm³/mol. The smallest absolute Gasteiger partial charge is 0.186 e. The average Bonchev–Trinajstić information content (AvgIpc) is 3.35. The summed E-state index contributed by atoms with van der Waals surface area (Å²) in [5.41, 5.74) is 1.11. The molecule has 9 atom stereocenters. The third-order valence-electron chi connectivity index (χ3n) is 7.19. The molecule has 0 aromatic heterocycles. The molecule has 4 rings (SSSR count). The van der Waals surface area contributed by atoms with Gasteiger partial charge in [0.05, 0.1) is 46.2 Å². The Labute approximate surface area is 219 Å². The van der Waals surface area contributed by atoms with Crippen molar-refractivity contribution in [1.82, 2.24) is 0 Å². The van der Waals surface area contributed by atoms with Gasteiger partial charge in [-0.3, -0.25) is 0 Å². The Morgan fingerprint density at radius 1 is 0.921 bits per heavy atom. The zero-order chi connectivity index (χ0) is 27.6. The number of phenolic OH excluding ortho intramolecular Hbond substituents is 2. The van der Waals surface area contributed by atoms with Crippen LogP contribution in [0.25, 0.3) is 0 Å². The summed E-state index contributed by atoms with van der Waals surface area (Å²) < 4.78 is 27.8. The van der Waals surface area contributed by atoms with Gasteiger partial charge in [-0.15, -0.1) is 0 Å². The number of benzene rings is 2. The summed E-state index contributed by atoms with van der Waals surface area (Å²) in [6.07, 6.45) is -8.93. The van der Waals surface area contributed by atoms with E-state index in [0.717, 1.165) is 0 Å². The minimum absolute atomic E-state index is 0.0591. The highest BCUT2D eigenvalue weighted by atomic mass is 16.7. The van der Waals surface area contributed by atoms with Crippen molar-refractivity contribution in [3.8, 4) is 23.0 Å². The molecule has 0 amide bonds. The third kappa shape index (κ3) is 5.53. The fraction of sp³-hybridized carbons (Fsp3) is 0.538. The van der Waals surface area contributed by atoms with Crippen molar-refractivity contribution in [2.45, 2.75) is 42.9 Å². The molecule has 2 aliphatic heterocycles. The fourth-order valence-electron chi connectivity index (χ4n) is 4.97. The summed E-state index contributed by atoms with van der Waals surface area (Å²) in [6, 6.07) is 9.22. The second-order valence-electron chi connectivity index (χ2n) is 9.42. The molecule has 210 valence electrons. The number of hydrogen-bond acceptors (Lipinski definition) is 12. The van der Waals surface area contributed by atoms with Crippen molar-refractivity contribution < 1.29 is 59.4 Å². The van der Waals surface area contributed by atoms with E-state index < -0.39 is 61.4 Å². The molecule has 0 radical (unpaired) electrons. The van der Waals surface area contributed by atoms with Crippen LogP contribution in [0.5, 0.6) is 23.0 Å². The van der Waals surface area contributed by atoms with Gasteiger partial charge in [0.2, 0.25) is 0 Å². The van der Waals surface area contributed by atoms with Crippen LogP contribution < -0.4 is 9.47 Å². The van der Waals surface area contributed by atoms with E-state index in [9.17, 15) is 35.7 Å². The fourth-order valence-corrected chi connectivity index (χ4v) is 4.97. The molecule has 12 nitrogen and oxygen atoms in total. The number of aromatic hydroxyl groups is 2.